The van der Waals surface area contributed by atoms with Gasteiger partial charge in [-0.15, -0.1) is 0 Å². The molecule has 2 saturated carbocycles. The highest BCUT2D eigenvalue weighted by molar-refractivity contribution is 5.75. The Labute approximate surface area is 166 Å². The summed E-state index contributed by atoms with van der Waals surface area (Å²) in [5.74, 6) is -1.15. The maximum absolute atomic E-state index is 14.0. The molecule has 0 heterocycles. The first-order valence-electron chi connectivity index (χ1n) is 10.8. The minimum Gasteiger partial charge on any atom is -0.494 e. The number of halogens is 2. The second kappa shape index (κ2) is 9.71. The van der Waals surface area contributed by atoms with E-state index in [2.05, 4.69) is 6.92 Å². The topological polar surface area (TPSA) is 35.5 Å². The number of hydrogen-bond acceptors (Lipinski definition) is 3. The Hall–Kier alpha value is -1.65. The van der Waals surface area contributed by atoms with Crippen LogP contribution in [0.2, 0.25) is 0 Å². The zero-order valence-electron chi connectivity index (χ0n) is 17.0. The maximum Gasteiger partial charge on any atom is 0.314 e. The average Bonchev–Trinajstić information content (AvgIpc) is 2.72. The van der Waals surface area contributed by atoms with Crippen molar-refractivity contribution in [1.29, 1.82) is 0 Å². The van der Waals surface area contributed by atoms with Crippen LogP contribution in [0.25, 0.3) is 0 Å². The summed E-state index contributed by atoms with van der Waals surface area (Å²) >= 11 is 0. The quantitative estimate of drug-likeness (QED) is 0.420. The molecule has 0 bridgehead atoms. The van der Waals surface area contributed by atoms with E-state index in [0.717, 1.165) is 37.5 Å². The van der Waals surface area contributed by atoms with Gasteiger partial charge in [-0.3, -0.25) is 4.79 Å². The Morgan fingerprint density at radius 1 is 0.929 bits per heavy atom. The van der Waals surface area contributed by atoms with Gasteiger partial charge in [0.2, 0.25) is 11.6 Å². The van der Waals surface area contributed by atoms with Crippen molar-refractivity contribution in [2.24, 2.45) is 23.7 Å². The fourth-order valence-corrected chi connectivity index (χ4v) is 5.13. The molecule has 0 unspecified atom stereocenters. The Kier molecular flexibility index (Phi) is 7.30. The number of methoxy groups -OCH3 is 1. The van der Waals surface area contributed by atoms with E-state index in [1.807, 2.05) is 0 Å². The molecule has 0 saturated heterocycles. The summed E-state index contributed by atoms with van der Waals surface area (Å²) in [7, 11) is 1.26. The molecule has 0 atom stereocenters. The van der Waals surface area contributed by atoms with Crippen LogP contribution in [-0.4, -0.2) is 13.1 Å². The molecule has 0 radical (unpaired) electrons. The van der Waals surface area contributed by atoms with Crippen molar-refractivity contribution < 1.29 is 23.0 Å². The molecule has 2 fully saturated rings. The third-order valence-corrected chi connectivity index (χ3v) is 6.80. The molecular weight excluding hydrogens is 362 g/mol. The van der Waals surface area contributed by atoms with Gasteiger partial charge in [0.25, 0.3) is 0 Å². The second-order valence-electron chi connectivity index (χ2n) is 8.50. The molecule has 0 spiro atoms. The maximum atomic E-state index is 14.0. The first-order chi connectivity index (χ1) is 13.5. The van der Waals surface area contributed by atoms with Crippen LogP contribution in [0.3, 0.4) is 0 Å². The normalized spacial score (nSPS) is 28.0. The van der Waals surface area contributed by atoms with Gasteiger partial charge in [-0.05, 0) is 68.4 Å². The summed E-state index contributed by atoms with van der Waals surface area (Å²) in [5, 5.41) is 0. The Balaban J connectivity index is 1.49. The van der Waals surface area contributed by atoms with Gasteiger partial charge in [0.15, 0.2) is 11.5 Å². The number of hydrogen-bond donors (Lipinski definition) is 0. The molecule has 28 heavy (non-hydrogen) atoms. The number of rotatable bonds is 6. The minimum atomic E-state index is -1.18. The smallest absolute Gasteiger partial charge is 0.314 e. The molecule has 0 aliphatic heterocycles. The molecule has 3 nitrogen and oxygen atoms in total. The van der Waals surface area contributed by atoms with Crippen LogP contribution >= 0.6 is 0 Å². The lowest BCUT2D eigenvalue weighted by atomic mass is 9.69. The zero-order chi connectivity index (χ0) is 20.1. The number of benzene rings is 1. The monoisotopic (exact) mass is 394 g/mol. The molecule has 0 amide bonds. The fourth-order valence-electron chi connectivity index (χ4n) is 5.13. The van der Waals surface area contributed by atoms with E-state index in [4.69, 9.17) is 9.47 Å². The van der Waals surface area contributed by atoms with Crippen LogP contribution in [0, 0.1) is 35.3 Å². The van der Waals surface area contributed by atoms with Crippen molar-refractivity contribution in [2.45, 2.75) is 71.1 Å². The summed E-state index contributed by atoms with van der Waals surface area (Å²) in [6.07, 6.45) is 11.6. The number of esters is 1. The lowest BCUT2D eigenvalue weighted by molar-refractivity contribution is -0.140. The van der Waals surface area contributed by atoms with Gasteiger partial charge in [-0.2, -0.15) is 8.78 Å². The minimum absolute atomic E-state index is 0.202. The molecule has 3 rings (SSSR count). The molecular formula is C23H32F2O3. The summed E-state index contributed by atoms with van der Waals surface area (Å²) in [6, 6.07) is 2.52. The van der Waals surface area contributed by atoms with Gasteiger partial charge in [-0.1, -0.05) is 32.6 Å². The molecule has 1 aromatic carbocycles. The fraction of sp³-hybridized carbons (Fsp3) is 0.696. The lowest BCUT2D eigenvalue weighted by Gasteiger charge is -2.37. The SMILES string of the molecule is CCCC1CCC(C2CCC(C(=O)Oc3ccc(OC)c(F)c3F)CC2)CC1. The molecule has 0 N–H and O–H groups in total. The summed E-state index contributed by atoms with van der Waals surface area (Å²) in [6.45, 7) is 2.26. The van der Waals surface area contributed by atoms with E-state index in [1.54, 1.807) is 0 Å². The van der Waals surface area contributed by atoms with Gasteiger partial charge in [-0.25, -0.2) is 0 Å². The van der Waals surface area contributed by atoms with Gasteiger partial charge in [0, 0.05) is 0 Å². The van der Waals surface area contributed by atoms with Gasteiger partial charge in [0.1, 0.15) is 0 Å². The van der Waals surface area contributed by atoms with Crippen LogP contribution in [0.5, 0.6) is 11.5 Å². The van der Waals surface area contributed by atoms with Crippen molar-refractivity contribution in [3.8, 4) is 11.5 Å². The molecule has 5 heteroatoms. The third-order valence-electron chi connectivity index (χ3n) is 6.80. The summed E-state index contributed by atoms with van der Waals surface area (Å²) in [4.78, 5) is 12.4. The lowest BCUT2D eigenvalue weighted by Crippen LogP contribution is -2.30. The van der Waals surface area contributed by atoms with E-state index in [1.165, 1.54) is 57.8 Å². The molecule has 1 aromatic rings. The number of ether oxygens (including phenoxy) is 2. The van der Waals surface area contributed by atoms with E-state index < -0.39 is 17.6 Å². The van der Waals surface area contributed by atoms with Crippen LogP contribution in [-0.2, 0) is 4.79 Å². The Morgan fingerprint density at radius 3 is 2.04 bits per heavy atom. The highest BCUT2D eigenvalue weighted by Crippen LogP contribution is 2.42. The third kappa shape index (κ3) is 4.84. The van der Waals surface area contributed by atoms with Crippen molar-refractivity contribution in [2.75, 3.05) is 7.11 Å². The van der Waals surface area contributed by atoms with E-state index in [-0.39, 0.29) is 17.4 Å². The van der Waals surface area contributed by atoms with Gasteiger partial charge < -0.3 is 9.47 Å². The van der Waals surface area contributed by atoms with Crippen LogP contribution in [0.15, 0.2) is 12.1 Å². The van der Waals surface area contributed by atoms with Crippen molar-refractivity contribution in [1.82, 2.24) is 0 Å². The highest BCUT2D eigenvalue weighted by atomic mass is 19.2. The first-order valence-corrected chi connectivity index (χ1v) is 10.8. The van der Waals surface area contributed by atoms with Crippen molar-refractivity contribution in [3.05, 3.63) is 23.8 Å². The van der Waals surface area contributed by atoms with Crippen molar-refractivity contribution >= 4 is 5.97 Å². The van der Waals surface area contributed by atoms with Gasteiger partial charge in [0.05, 0.1) is 13.0 Å². The number of carbonyl (C=O) groups excluding carboxylic acids is 1. The predicted octanol–water partition coefficient (Wildman–Crippen LogP) is 6.29. The second-order valence-corrected chi connectivity index (χ2v) is 8.50. The summed E-state index contributed by atoms with van der Waals surface area (Å²) in [5.41, 5.74) is 0. The summed E-state index contributed by atoms with van der Waals surface area (Å²) < 4.78 is 37.7. The Morgan fingerprint density at radius 2 is 1.46 bits per heavy atom. The average molecular weight is 395 g/mol. The van der Waals surface area contributed by atoms with E-state index >= 15 is 0 Å². The standard InChI is InChI=1S/C23H32F2O3/c1-3-4-15-5-7-16(8-6-15)17-9-11-18(12-10-17)23(26)28-20-14-13-19(27-2)21(24)22(20)25/h13-18H,3-12H2,1-2H3. The molecule has 2 aliphatic rings. The van der Waals surface area contributed by atoms with Gasteiger partial charge >= 0.3 is 5.97 Å². The van der Waals surface area contributed by atoms with Crippen LogP contribution in [0.4, 0.5) is 8.78 Å². The Bertz CT molecular complexity index is 660. The predicted molar refractivity (Wildman–Crippen MR) is 104 cm³/mol. The molecule has 2 aliphatic carbocycles. The molecule has 0 aromatic heterocycles. The molecule has 156 valence electrons. The van der Waals surface area contributed by atoms with E-state index in [0.29, 0.717) is 5.92 Å². The number of carbonyl (C=O) groups is 1. The first kappa shape index (κ1) is 21.1. The van der Waals surface area contributed by atoms with Crippen molar-refractivity contribution in [3.63, 3.8) is 0 Å². The largest absolute Gasteiger partial charge is 0.494 e. The zero-order valence-corrected chi connectivity index (χ0v) is 17.0. The van der Waals surface area contributed by atoms with Crippen LogP contribution in [0.1, 0.15) is 71.1 Å². The van der Waals surface area contributed by atoms with E-state index in [9.17, 15) is 13.6 Å². The highest BCUT2D eigenvalue weighted by Gasteiger charge is 2.34. The van der Waals surface area contributed by atoms with Crippen LogP contribution < -0.4 is 9.47 Å².